The first kappa shape index (κ1) is 8.83. The second-order valence-electron chi connectivity index (χ2n) is 2.96. The minimum Gasteiger partial charge on any atom is -0.330 e. The summed E-state index contributed by atoms with van der Waals surface area (Å²) in [6, 6.07) is 8.01. The van der Waals surface area contributed by atoms with Gasteiger partial charge in [0.15, 0.2) is 0 Å². The third-order valence-corrected chi connectivity index (χ3v) is 1.98. The average Bonchev–Trinajstić information content (AvgIpc) is 2.72. The Morgan fingerprint density at radius 2 is 2.00 bits per heavy atom. The summed E-state index contributed by atoms with van der Waals surface area (Å²) in [5.41, 5.74) is 7.64. The Morgan fingerprint density at radius 1 is 1.21 bits per heavy atom. The molecule has 0 saturated heterocycles. The molecule has 2 aromatic rings. The lowest BCUT2D eigenvalue weighted by Crippen LogP contribution is -2.03. The van der Waals surface area contributed by atoms with Crippen molar-refractivity contribution in [2.24, 2.45) is 5.73 Å². The van der Waals surface area contributed by atoms with Crippen LogP contribution in [0, 0.1) is 0 Å². The van der Waals surface area contributed by atoms with Crippen molar-refractivity contribution in [3.8, 4) is 5.69 Å². The van der Waals surface area contributed by atoms with Gasteiger partial charge in [0.05, 0.1) is 5.69 Å². The number of tetrazole rings is 1. The lowest BCUT2D eigenvalue weighted by molar-refractivity contribution is 0.788. The molecule has 0 radical (unpaired) electrons. The summed E-state index contributed by atoms with van der Waals surface area (Å²) in [5.74, 6) is 0. The minimum absolute atomic E-state index is 0.671. The summed E-state index contributed by atoms with van der Waals surface area (Å²) in [6.07, 6.45) is 2.47. The number of hydrogen-bond donors (Lipinski definition) is 1. The van der Waals surface area contributed by atoms with Gasteiger partial charge < -0.3 is 5.73 Å². The van der Waals surface area contributed by atoms with E-state index in [0.29, 0.717) is 6.54 Å². The first-order chi connectivity index (χ1) is 6.90. The summed E-state index contributed by atoms with van der Waals surface area (Å²) in [6.45, 7) is 0.671. The molecule has 0 spiro atoms. The molecule has 1 heterocycles. The minimum atomic E-state index is 0.671. The molecule has 1 aromatic carbocycles. The van der Waals surface area contributed by atoms with Crippen LogP contribution in [0.4, 0.5) is 0 Å². The third kappa shape index (κ3) is 1.77. The van der Waals surface area contributed by atoms with Crippen LogP contribution in [0.2, 0.25) is 0 Å². The van der Waals surface area contributed by atoms with Gasteiger partial charge in [0.2, 0.25) is 0 Å². The lowest BCUT2D eigenvalue weighted by atomic mass is 10.1. The second-order valence-corrected chi connectivity index (χ2v) is 2.96. The number of nitrogens with zero attached hydrogens (tertiary/aromatic N) is 4. The molecule has 0 aliphatic rings. The molecular formula is C9H11N5. The fraction of sp³-hybridized carbons (Fsp3) is 0.222. The van der Waals surface area contributed by atoms with Crippen LogP contribution in [0.3, 0.4) is 0 Å². The molecule has 0 unspecified atom stereocenters. The Morgan fingerprint density at radius 3 is 2.57 bits per heavy atom. The maximum atomic E-state index is 5.46. The van der Waals surface area contributed by atoms with Gasteiger partial charge >= 0.3 is 0 Å². The van der Waals surface area contributed by atoms with E-state index in [9.17, 15) is 0 Å². The highest BCUT2D eigenvalue weighted by atomic mass is 15.5. The van der Waals surface area contributed by atoms with E-state index >= 15 is 0 Å². The first-order valence-electron chi connectivity index (χ1n) is 4.42. The van der Waals surface area contributed by atoms with Gasteiger partial charge in [-0.1, -0.05) is 12.1 Å². The zero-order chi connectivity index (χ0) is 9.80. The fourth-order valence-corrected chi connectivity index (χ4v) is 1.26. The van der Waals surface area contributed by atoms with E-state index in [1.165, 1.54) is 5.56 Å². The van der Waals surface area contributed by atoms with Gasteiger partial charge in [-0.15, -0.1) is 5.10 Å². The summed E-state index contributed by atoms with van der Waals surface area (Å²) in [7, 11) is 0. The van der Waals surface area contributed by atoms with Crippen LogP contribution in [0.15, 0.2) is 30.6 Å². The maximum Gasteiger partial charge on any atom is 0.143 e. The van der Waals surface area contributed by atoms with Crippen molar-refractivity contribution in [3.05, 3.63) is 36.2 Å². The Kier molecular flexibility index (Phi) is 2.51. The average molecular weight is 189 g/mol. The summed E-state index contributed by atoms with van der Waals surface area (Å²) in [4.78, 5) is 0. The highest BCUT2D eigenvalue weighted by Crippen LogP contribution is 2.07. The van der Waals surface area contributed by atoms with Gasteiger partial charge in [-0.05, 0) is 41.1 Å². The molecule has 0 saturated carbocycles. The summed E-state index contributed by atoms with van der Waals surface area (Å²) >= 11 is 0. The van der Waals surface area contributed by atoms with Crippen LogP contribution in [0.1, 0.15) is 5.56 Å². The van der Waals surface area contributed by atoms with Crippen LogP contribution < -0.4 is 5.73 Å². The van der Waals surface area contributed by atoms with Crippen LogP contribution in [-0.2, 0) is 6.42 Å². The van der Waals surface area contributed by atoms with Crippen molar-refractivity contribution in [3.63, 3.8) is 0 Å². The van der Waals surface area contributed by atoms with Gasteiger partial charge in [-0.2, -0.15) is 0 Å². The second kappa shape index (κ2) is 3.97. The molecule has 5 heteroatoms. The Hall–Kier alpha value is -1.75. The first-order valence-corrected chi connectivity index (χ1v) is 4.42. The van der Waals surface area contributed by atoms with E-state index in [0.717, 1.165) is 12.1 Å². The van der Waals surface area contributed by atoms with Gasteiger partial charge in [0, 0.05) is 0 Å². The van der Waals surface area contributed by atoms with Crippen LogP contribution in [0.25, 0.3) is 5.69 Å². The van der Waals surface area contributed by atoms with Gasteiger partial charge in [-0.3, -0.25) is 0 Å². The molecule has 5 nitrogen and oxygen atoms in total. The molecular weight excluding hydrogens is 178 g/mol. The molecule has 72 valence electrons. The predicted molar refractivity (Wildman–Crippen MR) is 51.9 cm³/mol. The van der Waals surface area contributed by atoms with E-state index in [4.69, 9.17) is 5.73 Å². The number of rotatable bonds is 3. The van der Waals surface area contributed by atoms with E-state index in [2.05, 4.69) is 15.5 Å². The Bertz CT molecular complexity index is 378. The van der Waals surface area contributed by atoms with E-state index in [1.54, 1.807) is 11.0 Å². The van der Waals surface area contributed by atoms with Gasteiger partial charge in [-0.25, -0.2) is 4.68 Å². The molecule has 2 N–H and O–H groups in total. The smallest absolute Gasteiger partial charge is 0.143 e. The molecule has 2 rings (SSSR count). The zero-order valence-electron chi connectivity index (χ0n) is 7.67. The molecule has 0 aliphatic heterocycles. The monoisotopic (exact) mass is 189 g/mol. The third-order valence-electron chi connectivity index (χ3n) is 1.98. The van der Waals surface area contributed by atoms with Crippen molar-refractivity contribution < 1.29 is 0 Å². The summed E-state index contributed by atoms with van der Waals surface area (Å²) in [5, 5.41) is 10.9. The number of hydrogen-bond acceptors (Lipinski definition) is 4. The summed E-state index contributed by atoms with van der Waals surface area (Å²) < 4.78 is 1.62. The largest absolute Gasteiger partial charge is 0.330 e. The molecule has 0 amide bonds. The molecule has 0 bridgehead atoms. The number of benzene rings is 1. The quantitative estimate of drug-likeness (QED) is 0.746. The standard InChI is InChI=1S/C9H11N5/c10-6-5-8-1-3-9(4-2-8)14-7-11-12-13-14/h1-4,7H,5-6,10H2. The van der Waals surface area contributed by atoms with Gasteiger partial charge in [0.25, 0.3) is 0 Å². The van der Waals surface area contributed by atoms with Crippen molar-refractivity contribution in [1.82, 2.24) is 20.2 Å². The topological polar surface area (TPSA) is 69.6 Å². The highest BCUT2D eigenvalue weighted by molar-refractivity contribution is 5.33. The molecule has 0 fully saturated rings. The van der Waals surface area contributed by atoms with Crippen LogP contribution in [-0.4, -0.2) is 26.8 Å². The van der Waals surface area contributed by atoms with Crippen molar-refractivity contribution in [1.29, 1.82) is 0 Å². The molecule has 14 heavy (non-hydrogen) atoms. The lowest BCUT2D eigenvalue weighted by Gasteiger charge is -2.01. The zero-order valence-corrected chi connectivity index (χ0v) is 7.67. The van der Waals surface area contributed by atoms with E-state index in [-0.39, 0.29) is 0 Å². The van der Waals surface area contributed by atoms with Crippen LogP contribution in [0.5, 0.6) is 0 Å². The Labute approximate surface area is 81.5 Å². The molecule has 0 aliphatic carbocycles. The van der Waals surface area contributed by atoms with Crippen molar-refractivity contribution in [2.75, 3.05) is 6.54 Å². The van der Waals surface area contributed by atoms with Crippen molar-refractivity contribution >= 4 is 0 Å². The SMILES string of the molecule is NCCc1ccc(-n2cnnn2)cc1. The molecule has 1 aromatic heterocycles. The molecule has 0 atom stereocenters. The van der Waals surface area contributed by atoms with Crippen molar-refractivity contribution in [2.45, 2.75) is 6.42 Å². The van der Waals surface area contributed by atoms with Gasteiger partial charge in [0.1, 0.15) is 6.33 Å². The van der Waals surface area contributed by atoms with Crippen LogP contribution >= 0.6 is 0 Å². The number of nitrogens with two attached hydrogens (primary N) is 1. The number of aromatic nitrogens is 4. The predicted octanol–water partition coefficient (Wildman–Crippen LogP) is 0.163. The Balaban J connectivity index is 2.22. The fourth-order valence-electron chi connectivity index (χ4n) is 1.26. The maximum absolute atomic E-state index is 5.46. The van der Waals surface area contributed by atoms with E-state index < -0.39 is 0 Å². The highest BCUT2D eigenvalue weighted by Gasteiger charge is 1.97. The van der Waals surface area contributed by atoms with E-state index in [1.807, 2.05) is 24.3 Å². The normalized spacial score (nSPS) is 10.4.